The van der Waals surface area contributed by atoms with Crippen LogP contribution < -0.4 is 14.8 Å². The van der Waals surface area contributed by atoms with E-state index >= 15 is 0 Å². The largest absolute Gasteiger partial charge is 0.454 e. The second-order valence-electron chi connectivity index (χ2n) is 8.12. The monoisotopic (exact) mass is 447 g/mol. The van der Waals surface area contributed by atoms with Gasteiger partial charge in [-0.3, -0.25) is 9.79 Å². The molecular weight excluding hydrogens is 426 g/mol. The molecule has 1 atom stereocenters. The van der Waals surface area contributed by atoms with Gasteiger partial charge in [-0.2, -0.15) is 0 Å². The van der Waals surface area contributed by atoms with Crippen molar-refractivity contribution in [3.63, 3.8) is 0 Å². The van der Waals surface area contributed by atoms with Crippen LogP contribution in [0.1, 0.15) is 22.6 Å². The molecule has 0 aromatic heterocycles. The highest BCUT2D eigenvalue weighted by molar-refractivity contribution is 6.31. The quantitative estimate of drug-likeness (QED) is 0.560. The van der Waals surface area contributed by atoms with Gasteiger partial charge >= 0.3 is 0 Å². The molecule has 2 heterocycles. The molecule has 2 aliphatic rings. The number of nitrogens with one attached hydrogen (secondary N) is 1. The molecule has 1 N–H and O–H groups in total. The lowest BCUT2D eigenvalue weighted by molar-refractivity contribution is -0.115. The van der Waals surface area contributed by atoms with Crippen molar-refractivity contribution in [1.82, 2.24) is 4.90 Å². The van der Waals surface area contributed by atoms with Gasteiger partial charge in [-0.1, -0.05) is 29.8 Å². The van der Waals surface area contributed by atoms with Gasteiger partial charge in [0.2, 0.25) is 12.7 Å². The van der Waals surface area contributed by atoms with Crippen LogP contribution in [0.15, 0.2) is 65.7 Å². The molecule has 1 amide bonds. The molecular formula is C25H22ClN3O3. The topological polar surface area (TPSA) is 63.2 Å². The van der Waals surface area contributed by atoms with Gasteiger partial charge < -0.3 is 19.7 Å². The summed E-state index contributed by atoms with van der Waals surface area (Å²) in [5.41, 5.74) is 4.96. The first-order chi connectivity index (χ1) is 15.5. The van der Waals surface area contributed by atoms with Crippen molar-refractivity contribution < 1.29 is 14.3 Å². The number of amides is 1. The normalized spacial score (nSPS) is 16.9. The Morgan fingerprint density at radius 1 is 1.06 bits per heavy atom. The fourth-order valence-corrected chi connectivity index (χ4v) is 4.21. The molecule has 3 aromatic carbocycles. The third-order valence-corrected chi connectivity index (χ3v) is 5.71. The van der Waals surface area contributed by atoms with E-state index in [1.165, 1.54) is 5.56 Å². The third kappa shape index (κ3) is 3.95. The van der Waals surface area contributed by atoms with E-state index in [1.807, 2.05) is 50.5 Å². The fourth-order valence-electron chi connectivity index (χ4n) is 4.04. The minimum Gasteiger partial charge on any atom is -0.454 e. The van der Waals surface area contributed by atoms with Crippen LogP contribution >= 0.6 is 11.6 Å². The highest BCUT2D eigenvalue weighted by Crippen LogP contribution is 2.40. The SMILES string of the molecule is CN(C)Cc1ccc(N=C(c2ccc3c(c2)OCO3)C2C(=O)Nc3cc(Cl)ccc32)cc1. The fraction of sp³-hybridized carbons (Fsp3) is 0.200. The van der Waals surface area contributed by atoms with Crippen LogP contribution in [0, 0.1) is 0 Å². The Morgan fingerprint density at radius 2 is 1.84 bits per heavy atom. The van der Waals surface area contributed by atoms with Crippen LogP contribution in [-0.2, 0) is 11.3 Å². The van der Waals surface area contributed by atoms with Crippen molar-refractivity contribution in [3.05, 3.63) is 82.4 Å². The van der Waals surface area contributed by atoms with Crippen LogP contribution in [0.5, 0.6) is 11.5 Å². The first kappa shape index (κ1) is 20.5. The highest BCUT2D eigenvalue weighted by atomic mass is 35.5. The zero-order valence-electron chi connectivity index (χ0n) is 17.8. The van der Waals surface area contributed by atoms with Crippen molar-refractivity contribution in [2.24, 2.45) is 4.99 Å². The van der Waals surface area contributed by atoms with E-state index in [2.05, 4.69) is 22.3 Å². The molecule has 32 heavy (non-hydrogen) atoms. The summed E-state index contributed by atoms with van der Waals surface area (Å²) < 4.78 is 11.0. The van der Waals surface area contributed by atoms with Crippen molar-refractivity contribution in [1.29, 1.82) is 0 Å². The molecule has 1 unspecified atom stereocenters. The van der Waals surface area contributed by atoms with E-state index in [0.717, 1.165) is 23.4 Å². The lowest BCUT2D eigenvalue weighted by atomic mass is 9.90. The minimum atomic E-state index is -0.566. The average molecular weight is 448 g/mol. The summed E-state index contributed by atoms with van der Waals surface area (Å²) in [4.78, 5) is 20.1. The van der Waals surface area contributed by atoms with E-state index in [0.29, 0.717) is 27.9 Å². The van der Waals surface area contributed by atoms with Crippen molar-refractivity contribution in [2.75, 3.05) is 26.2 Å². The Bertz CT molecular complexity index is 1220. The van der Waals surface area contributed by atoms with Gasteiger partial charge in [0.15, 0.2) is 11.5 Å². The number of anilines is 1. The van der Waals surface area contributed by atoms with E-state index in [1.54, 1.807) is 12.1 Å². The van der Waals surface area contributed by atoms with Crippen LogP contribution in [0.4, 0.5) is 11.4 Å². The molecule has 162 valence electrons. The minimum absolute atomic E-state index is 0.136. The molecule has 0 fully saturated rings. The predicted octanol–water partition coefficient (Wildman–Crippen LogP) is 4.99. The van der Waals surface area contributed by atoms with Crippen molar-refractivity contribution >= 4 is 34.6 Å². The summed E-state index contributed by atoms with van der Waals surface area (Å²) >= 11 is 6.14. The van der Waals surface area contributed by atoms with Crippen molar-refractivity contribution in [3.8, 4) is 11.5 Å². The maximum absolute atomic E-state index is 13.1. The molecule has 2 aliphatic heterocycles. The van der Waals surface area contributed by atoms with Gasteiger partial charge in [0.25, 0.3) is 0 Å². The van der Waals surface area contributed by atoms with Gasteiger partial charge in [-0.15, -0.1) is 0 Å². The molecule has 0 radical (unpaired) electrons. The zero-order chi connectivity index (χ0) is 22.2. The summed E-state index contributed by atoms with van der Waals surface area (Å²) in [7, 11) is 4.07. The van der Waals surface area contributed by atoms with Crippen LogP contribution in [0.2, 0.25) is 5.02 Å². The summed E-state index contributed by atoms with van der Waals surface area (Å²) in [6.07, 6.45) is 0. The number of hydrogen-bond donors (Lipinski definition) is 1. The number of rotatable bonds is 5. The van der Waals surface area contributed by atoms with Crippen LogP contribution in [0.3, 0.4) is 0 Å². The smallest absolute Gasteiger partial charge is 0.238 e. The summed E-state index contributed by atoms with van der Waals surface area (Å²) in [6, 6.07) is 19.1. The van der Waals surface area contributed by atoms with Gasteiger partial charge in [0.1, 0.15) is 5.92 Å². The Labute approximate surface area is 191 Å². The summed E-state index contributed by atoms with van der Waals surface area (Å²) in [5.74, 6) is 0.627. The Balaban J connectivity index is 1.60. The molecule has 0 bridgehead atoms. The van der Waals surface area contributed by atoms with Gasteiger partial charge in [-0.25, -0.2) is 0 Å². The molecule has 0 saturated heterocycles. The number of hydrogen-bond acceptors (Lipinski definition) is 5. The number of nitrogens with zero attached hydrogens (tertiary/aromatic N) is 2. The Hall–Kier alpha value is -3.35. The van der Waals surface area contributed by atoms with E-state index in [4.69, 9.17) is 26.1 Å². The van der Waals surface area contributed by atoms with E-state index < -0.39 is 5.92 Å². The molecule has 0 aliphatic carbocycles. The predicted molar refractivity (Wildman–Crippen MR) is 125 cm³/mol. The van der Waals surface area contributed by atoms with Gasteiger partial charge in [-0.05, 0) is 67.7 Å². The highest BCUT2D eigenvalue weighted by Gasteiger charge is 2.36. The first-order valence-electron chi connectivity index (χ1n) is 10.3. The number of halogens is 1. The van der Waals surface area contributed by atoms with Crippen molar-refractivity contribution in [2.45, 2.75) is 12.5 Å². The third-order valence-electron chi connectivity index (χ3n) is 5.47. The second-order valence-corrected chi connectivity index (χ2v) is 8.56. The van der Waals surface area contributed by atoms with E-state index in [9.17, 15) is 4.79 Å². The molecule has 7 heteroatoms. The molecule has 3 aromatic rings. The maximum Gasteiger partial charge on any atom is 0.238 e. The molecule has 6 nitrogen and oxygen atoms in total. The average Bonchev–Trinajstić information content (AvgIpc) is 3.35. The van der Waals surface area contributed by atoms with E-state index in [-0.39, 0.29) is 12.7 Å². The van der Waals surface area contributed by atoms with Crippen LogP contribution in [0.25, 0.3) is 0 Å². The zero-order valence-corrected chi connectivity index (χ0v) is 18.5. The number of carbonyl (C=O) groups excluding carboxylic acids is 1. The summed E-state index contributed by atoms with van der Waals surface area (Å²) in [6.45, 7) is 1.03. The maximum atomic E-state index is 13.1. The number of fused-ring (bicyclic) bond motifs is 2. The Kier molecular flexibility index (Phi) is 5.33. The standard InChI is InChI=1S/C25H22ClN3O3/c1-29(2)13-15-3-7-18(8-4-15)27-24(16-5-10-21-22(11-16)32-14-31-21)23-19-9-6-17(26)12-20(19)28-25(23)30/h3-12,23H,13-14H2,1-2H3,(H,28,30). The van der Waals surface area contributed by atoms with Gasteiger partial charge in [0.05, 0.1) is 11.4 Å². The number of ether oxygens (including phenoxy) is 2. The van der Waals surface area contributed by atoms with Crippen LogP contribution in [-0.4, -0.2) is 37.4 Å². The van der Waals surface area contributed by atoms with Gasteiger partial charge in [0, 0.05) is 22.8 Å². The molecule has 0 spiro atoms. The first-order valence-corrected chi connectivity index (χ1v) is 10.7. The molecule has 0 saturated carbocycles. The number of benzene rings is 3. The summed E-state index contributed by atoms with van der Waals surface area (Å²) in [5, 5.41) is 3.51. The Morgan fingerprint density at radius 3 is 2.62 bits per heavy atom. The number of aliphatic imine (C=N–C) groups is 1. The number of carbonyl (C=O) groups is 1. The lowest BCUT2D eigenvalue weighted by Crippen LogP contribution is -2.22. The second kappa shape index (κ2) is 8.30. The lowest BCUT2D eigenvalue weighted by Gasteiger charge is -2.15. The molecule has 5 rings (SSSR count).